The van der Waals surface area contributed by atoms with Crippen molar-refractivity contribution in [2.75, 3.05) is 31.1 Å². The zero-order chi connectivity index (χ0) is 17.1. The van der Waals surface area contributed by atoms with E-state index in [0.717, 1.165) is 26.2 Å². The lowest BCUT2D eigenvalue weighted by molar-refractivity contribution is 0.0747. The van der Waals surface area contributed by atoms with E-state index < -0.39 is 0 Å². The summed E-state index contributed by atoms with van der Waals surface area (Å²) in [6.45, 7) is 7.62. The second-order valence-corrected chi connectivity index (χ2v) is 6.97. The van der Waals surface area contributed by atoms with Crippen molar-refractivity contribution in [2.24, 2.45) is 0 Å². The molecule has 0 bridgehead atoms. The highest BCUT2D eigenvalue weighted by Gasteiger charge is 2.22. The van der Waals surface area contributed by atoms with Gasteiger partial charge in [-0.3, -0.25) is 4.79 Å². The average Bonchev–Trinajstić information content (AvgIpc) is 2.62. The number of halogens is 1. The van der Waals surface area contributed by atoms with Gasteiger partial charge < -0.3 is 9.80 Å². The van der Waals surface area contributed by atoms with Crippen LogP contribution in [0.2, 0.25) is 5.02 Å². The highest BCUT2D eigenvalue weighted by molar-refractivity contribution is 6.30. The Morgan fingerprint density at radius 2 is 1.50 bits per heavy atom. The first-order valence-electron chi connectivity index (χ1n) is 8.44. The zero-order valence-corrected chi connectivity index (χ0v) is 15.0. The fourth-order valence-corrected chi connectivity index (χ4v) is 3.14. The predicted octanol–water partition coefficient (Wildman–Crippen LogP) is 4.43. The van der Waals surface area contributed by atoms with Gasteiger partial charge in [0.2, 0.25) is 0 Å². The van der Waals surface area contributed by atoms with Gasteiger partial charge >= 0.3 is 0 Å². The molecular weight excluding hydrogens is 320 g/mol. The van der Waals surface area contributed by atoms with Gasteiger partial charge in [0.1, 0.15) is 0 Å². The lowest BCUT2D eigenvalue weighted by Gasteiger charge is -2.36. The number of hydrogen-bond acceptors (Lipinski definition) is 2. The molecule has 2 aromatic rings. The Hall–Kier alpha value is -2.00. The molecule has 2 aromatic carbocycles. The molecule has 1 heterocycles. The first kappa shape index (κ1) is 16.8. The molecule has 1 amide bonds. The van der Waals surface area contributed by atoms with E-state index in [1.165, 1.54) is 11.3 Å². The van der Waals surface area contributed by atoms with Gasteiger partial charge in [0.05, 0.1) is 0 Å². The molecule has 3 nitrogen and oxygen atoms in total. The molecule has 1 saturated heterocycles. The van der Waals surface area contributed by atoms with Gasteiger partial charge in [-0.05, 0) is 47.9 Å². The second kappa shape index (κ2) is 7.27. The molecule has 0 atom stereocenters. The van der Waals surface area contributed by atoms with Crippen molar-refractivity contribution >= 4 is 23.2 Å². The van der Waals surface area contributed by atoms with Crippen LogP contribution in [0, 0.1) is 0 Å². The Morgan fingerprint density at radius 1 is 0.917 bits per heavy atom. The third-order valence-corrected chi connectivity index (χ3v) is 4.83. The molecule has 4 heteroatoms. The number of hydrogen-bond donors (Lipinski definition) is 0. The van der Waals surface area contributed by atoms with Gasteiger partial charge in [0, 0.05) is 42.5 Å². The van der Waals surface area contributed by atoms with Crippen LogP contribution in [0.1, 0.15) is 35.7 Å². The largest absolute Gasteiger partial charge is 0.368 e. The summed E-state index contributed by atoms with van der Waals surface area (Å²) in [4.78, 5) is 16.8. The summed E-state index contributed by atoms with van der Waals surface area (Å²) in [7, 11) is 0. The minimum Gasteiger partial charge on any atom is -0.368 e. The molecule has 24 heavy (non-hydrogen) atoms. The SMILES string of the molecule is CC(C)c1ccc(N2CCN(C(=O)c3ccc(Cl)cc3)CC2)cc1. The van der Waals surface area contributed by atoms with E-state index in [0.29, 0.717) is 16.5 Å². The highest BCUT2D eigenvalue weighted by Crippen LogP contribution is 2.22. The van der Waals surface area contributed by atoms with E-state index in [1.54, 1.807) is 24.3 Å². The normalized spacial score (nSPS) is 15.0. The van der Waals surface area contributed by atoms with Crippen LogP contribution in [-0.4, -0.2) is 37.0 Å². The summed E-state index contributed by atoms with van der Waals surface area (Å²) in [5.41, 5.74) is 3.29. The molecular formula is C20H23ClN2O. The standard InChI is InChI=1S/C20H23ClN2O/c1-15(2)16-5-9-19(10-6-16)22-11-13-23(14-12-22)20(24)17-3-7-18(21)8-4-17/h3-10,15H,11-14H2,1-2H3. The van der Waals surface area contributed by atoms with E-state index in [1.807, 2.05) is 4.90 Å². The first-order chi connectivity index (χ1) is 11.5. The lowest BCUT2D eigenvalue weighted by atomic mass is 10.0. The molecule has 126 valence electrons. The minimum absolute atomic E-state index is 0.0847. The van der Waals surface area contributed by atoms with E-state index in [2.05, 4.69) is 43.0 Å². The molecule has 1 aliphatic rings. The van der Waals surface area contributed by atoms with Crippen LogP contribution < -0.4 is 4.90 Å². The van der Waals surface area contributed by atoms with Gasteiger partial charge in [-0.1, -0.05) is 37.6 Å². The topological polar surface area (TPSA) is 23.6 Å². The molecule has 0 aromatic heterocycles. The van der Waals surface area contributed by atoms with Crippen LogP contribution in [-0.2, 0) is 0 Å². The Labute approximate surface area is 148 Å². The maximum Gasteiger partial charge on any atom is 0.253 e. The van der Waals surface area contributed by atoms with E-state index in [-0.39, 0.29) is 5.91 Å². The summed E-state index contributed by atoms with van der Waals surface area (Å²) >= 11 is 5.89. The number of anilines is 1. The number of piperazine rings is 1. The number of benzene rings is 2. The zero-order valence-electron chi connectivity index (χ0n) is 14.2. The van der Waals surface area contributed by atoms with Gasteiger partial charge in [-0.25, -0.2) is 0 Å². The van der Waals surface area contributed by atoms with Gasteiger partial charge in [-0.2, -0.15) is 0 Å². The number of rotatable bonds is 3. The minimum atomic E-state index is 0.0847. The van der Waals surface area contributed by atoms with Crippen molar-refractivity contribution in [3.8, 4) is 0 Å². The summed E-state index contributed by atoms with van der Waals surface area (Å²) in [5.74, 6) is 0.634. The summed E-state index contributed by atoms with van der Waals surface area (Å²) in [5, 5.41) is 0.654. The van der Waals surface area contributed by atoms with Crippen molar-refractivity contribution in [3.05, 3.63) is 64.7 Å². The average molecular weight is 343 g/mol. The Kier molecular flexibility index (Phi) is 5.10. The molecule has 1 aliphatic heterocycles. The van der Waals surface area contributed by atoms with Crippen LogP contribution in [0.5, 0.6) is 0 Å². The number of carbonyl (C=O) groups is 1. The van der Waals surface area contributed by atoms with Crippen LogP contribution in [0.3, 0.4) is 0 Å². The monoisotopic (exact) mass is 342 g/mol. The van der Waals surface area contributed by atoms with E-state index in [9.17, 15) is 4.79 Å². The van der Waals surface area contributed by atoms with E-state index in [4.69, 9.17) is 11.6 Å². The van der Waals surface area contributed by atoms with Gasteiger partial charge in [0.15, 0.2) is 0 Å². The first-order valence-corrected chi connectivity index (χ1v) is 8.82. The lowest BCUT2D eigenvalue weighted by Crippen LogP contribution is -2.48. The Balaban J connectivity index is 1.61. The van der Waals surface area contributed by atoms with Gasteiger partial charge in [0.25, 0.3) is 5.91 Å². The van der Waals surface area contributed by atoms with Crippen molar-refractivity contribution in [3.63, 3.8) is 0 Å². The summed E-state index contributed by atoms with van der Waals surface area (Å²) < 4.78 is 0. The van der Waals surface area contributed by atoms with Crippen molar-refractivity contribution < 1.29 is 4.79 Å². The number of carbonyl (C=O) groups excluding carboxylic acids is 1. The fourth-order valence-electron chi connectivity index (χ4n) is 3.01. The van der Waals surface area contributed by atoms with Crippen LogP contribution in [0.15, 0.2) is 48.5 Å². The molecule has 0 radical (unpaired) electrons. The van der Waals surface area contributed by atoms with E-state index >= 15 is 0 Å². The maximum atomic E-state index is 12.5. The Morgan fingerprint density at radius 3 is 2.04 bits per heavy atom. The molecule has 3 rings (SSSR count). The molecule has 1 fully saturated rings. The summed E-state index contributed by atoms with van der Waals surface area (Å²) in [6, 6.07) is 15.9. The van der Waals surface area contributed by atoms with Crippen molar-refractivity contribution in [1.82, 2.24) is 4.90 Å². The predicted molar refractivity (Wildman–Crippen MR) is 100 cm³/mol. The van der Waals surface area contributed by atoms with Crippen LogP contribution in [0.25, 0.3) is 0 Å². The molecule has 0 N–H and O–H groups in total. The number of amides is 1. The van der Waals surface area contributed by atoms with Crippen molar-refractivity contribution in [1.29, 1.82) is 0 Å². The quantitative estimate of drug-likeness (QED) is 0.824. The summed E-state index contributed by atoms with van der Waals surface area (Å²) in [6.07, 6.45) is 0. The second-order valence-electron chi connectivity index (χ2n) is 6.53. The van der Waals surface area contributed by atoms with Crippen molar-refractivity contribution in [2.45, 2.75) is 19.8 Å². The van der Waals surface area contributed by atoms with Crippen LogP contribution >= 0.6 is 11.6 Å². The molecule has 0 spiro atoms. The smallest absolute Gasteiger partial charge is 0.253 e. The highest BCUT2D eigenvalue weighted by atomic mass is 35.5. The molecule has 0 aliphatic carbocycles. The third-order valence-electron chi connectivity index (χ3n) is 4.58. The molecule has 0 saturated carbocycles. The third kappa shape index (κ3) is 3.73. The Bertz CT molecular complexity index is 687. The molecule has 0 unspecified atom stereocenters. The van der Waals surface area contributed by atoms with Gasteiger partial charge in [-0.15, -0.1) is 0 Å². The number of nitrogens with zero attached hydrogens (tertiary/aromatic N) is 2. The maximum absolute atomic E-state index is 12.5. The van der Waals surface area contributed by atoms with Crippen LogP contribution in [0.4, 0.5) is 5.69 Å². The fraction of sp³-hybridized carbons (Fsp3) is 0.350.